The summed E-state index contributed by atoms with van der Waals surface area (Å²) in [6.07, 6.45) is 0.499. The highest BCUT2D eigenvalue weighted by Gasteiger charge is 2.14. The molecule has 8 nitrogen and oxygen atoms in total. The number of rotatable bonds is 6. The number of non-ortho nitro benzene ring substituents is 1. The Bertz CT molecular complexity index is 1030. The van der Waals surface area contributed by atoms with Gasteiger partial charge in [-0.25, -0.2) is 4.98 Å². The zero-order valence-electron chi connectivity index (χ0n) is 15.5. The summed E-state index contributed by atoms with van der Waals surface area (Å²) in [6, 6.07) is 13.3. The van der Waals surface area contributed by atoms with Crippen LogP contribution in [-0.2, 0) is 16.0 Å². The van der Waals surface area contributed by atoms with E-state index in [0.717, 1.165) is 16.3 Å². The molecule has 9 heteroatoms. The van der Waals surface area contributed by atoms with Crippen LogP contribution in [0.4, 0.5) is 11.4 Å². The Kier molecular flexibility index (Phi) is 6.30. The van der Waals surface area contributed by atoms with Crippen molar-refractivity contribution in [3.05, 3.63) is 75.3 Å². The largest absolute Gasteiger partial charge is 0.347 e. The summed E-state index contributed by atoms with van der Waals surface area (Å²) in [6.45, 7) is 2.29. The average Bonchev–Trinajstić information content (AvgIpc) is 3.17. The van der Waals surface area contributed by atoms with E-state index in [2.05, 4.69) is 15.6 Å². The number of thiazole rings is 1. The maximum atomic E-state index is 11.9. The number of carbonyl (C=O) groups excluding carboxylic acids is 2. The second-order valence-electron chi connectivity index (χ2n) is 6.27. The van der Waals surface area contributed by atoms with Gasteiger partial charge in [-0.05, 0) is 19.1 Å². The van der Waals surface area contributed by atoms with Gasteiger partial charge in [0.2, 0.25) is 0 Å². The molecular weight excluding hydrogens is 392 g/mol. The van der Waals surface area contributed by atoms with E-state index in [1.165, 1.54) is 41.2 Å². The van der Waals surface area contributed by atoms with Gasteiger partial charge in [0, 0.05) is 41.7 Å². The number of amides is 2. The van der Waals surface area contributed by atoms with Crippen LogP contribution in [0.15, 0.2) is 53.9 Å². The minimum absolute atomic E-state index is 0.0966. The quantitative estimate of drug-likeness (QED) is 0.368. The minimum atomic E-state index is -0.836. The van der Waals surface area contributed by atoms with Gasteiger partial charge in [-0.15, -0.1) is 11.3 Å². The number of hydrogen-bond donors (Lipinski definition) is 2. The Balaban J connectivity index is 1.47. The van der Waals surface area contributed by atoms with Crippen LogP contribution in [0.3, 0.4) is 0 Å². The molecule has 0 bridgehead atoms. The highest BCUT2D eigenvalue weighted by molar-refractivity contribution is 7.13. The van der Waals surface area contributed by atoms with Crippen LogP contribution >= 0.6 is 11.3 Å². The number of nitrogens with one attached hydrogen (secondary N) is 2. The fraction of sp³-hybridized carbons (Fsp3) is 0.150. The third-order valence-corrected chi connectivity index (χ3v) is 5.00. The number of aryl methyl sites for hydroxylation is 1. The third-order valence-electron chi connectivity index (χ3n) is 4.06. The molecule has 1 aromatic heterocycles. The van der Waals surface area contributed by atoms with Crippen molar-refractivity contribution in [2.24, 2.45) is 0 Å². The van der Waals surface area contributed by atoms with E-state index in [-0.39, 0.29) is 12.2 Å². The van der Waals surface area contributed by atoms with Crippen molar-refractivity contribution in [2.45, 2.75) is 13.3 Å². The van der Waals surface area contributed by atoms with Crippen molar-refractivity contribution >= 4 is 34.5 Å². The lowest BCUT2D eigenvalue weighted by Crippen LogP contribution is -2.36. The number of anilines is 1. The fourth-order valence-electron chi connectivity index (χ4n) is 2.49. The number of nitro groups is 1. The van der Waals surface area contributed by atoms with Gasteiger partial charge in [0.15, 0.2) is 0 Å². The van der Waals surface area contributed by atoms with Crippen molar-refractivity contribution in [1.82, 2.24) is 10.3 Å². The first-order chi connectivity index (χ1) is 13.9. The molecule has 0 saturated heterocycles. The zero-order valence-corrected chi connectivity index (χ0v) is 16.4. The van der Waals surface area contributed by atoms with Crippen LogP contribution < -0.4 is 10.6 Å². The highest BCUT2D eigenvalue weighted by atomic mass is 32.1. The Morgan fingerprint density at radius 1 is 1.07 bits per heavy atom. The predicted molar refractivity (Wildman–Crippen MR) is 111 cm³/mol. The Labute approximate surface area is 170 Å². The second-order valence-corrected chi connectivity index (χ2v) is 7.13. The lowest BCUT2D eigenvalue weighted by molar-refractivity contribution is -0.384. The summed E-state index contributed by atoms with van der Waals surface area (Å²) in [4.78, 5) is 38.5. The van der Waals surface area contributed by atoms with Gasteiger partial charge >= 0.3 is 11.8 Å². The molecule has 0 radical (unpaired) electrons. The molecule has 0 spiro atoms. The molecule has 0 aliphatic rings. The number of nitrogens with zero attached hydrogens (tertiary/aromatic N) is 2. The molecule has 2 aromatic carbocycles. The van der Waals surface area contributed by atoms with Crippen molar-refractivity contribution in [2.75, 3.05) is 11.9 Å². The fourth-order valence-corrected chi connectivity index (χ4v) is 3.35. The molecule has 2 N–H and O–H groups in total. The molecule has 2 amide bonds. The van der Waals surface area contributed by atoms with Gasteiger partial charge in [-0.1, -0.05) is 29.8 Å². The molecule has 0 aliphatic carbocycles. The minimum Gasteiger partial charge on any atom is -0.347 e. The average molecular weight is 410 g/mol. The molecule has 148 valence electrons. The smallest absolute Gasteiger partial charge is 0.313 e. The maximum Gasteiger partial charge on any atom is 0.313 e. The van der Waals surface area contributed by atoms with Gasteiger partial charge in [-0.2, -0.15) is 0 Å². The third kappa shape index (κ3) is 5.45. The second kappa shape index (κ2) is 9.07. The molecule has 0 aliphatic heterocycles. The number of aromatic nitrogens is 1. The number of carbonyl (C=O) groups is 2. The summed E-state index contributed by atoms with van der Waals surface area (Å²) in [7, 11) is 0. The highest BCUT2D eigenvalue weighted by Crippen LogP contribution is 2.24. The molecule has 29 heavy (non-hydrogen) atoms. The SMILES string of the molecule is Cc1ccc(-c2nc(CCNC(=O)C(=O)Nc3ccc([N+](=O)[O-])cc3)cs2)cc1. The standard InChI is InChI=1S/C20H18N4O4S/c1-13-2-4-14(5-3-13)20-23-16(12-29-20)10-11-21-18(25)19(26)22-15-6-8-17(9-7-15)24(27)28/h2-9,12H,10-11H2,1H3,(H,21,25)(H,22,26). The number of benzene rings is 2. The predicted octanol–water partition coefficient (Wildman–Crippen LogP) is 3.32. The van der Waals surface area contributed by atoms with Gasteiger partial charge < -0.3 is 10.6 Å². The number of nitro benzene ring substituents is 1. The molecule has 3 aromatic rings. The molecule has 3 rings (SSSR count). The van der Waals surface area contributed by atoms with E-state index < -0.39 is 16.7 Å². The van der Waals surface area contributed by atoms with E-state index in [0.29, 0.717) is 12.1 Å². The maximum absolute atomic E-state index is 11.9. The van der Waals surface area contributed by atoms with E-state index in [1.807, 2.05) is 36.6 Å². The van der Waals surface area contributed by atoms with Gasteiger partial charge in [0.1, 0.15) is 5.01 Å². The zero-order chi connectivity index (χ0) is 20.8. The van der Waals surface area contributed by atoms with Crippen molar-refractivity contribution in [3.63, 3.8) is 0 Å². The lowest BCUT2D eigenvalue weighted by Gasteiger charge is -2.05. The van der Waals surface area contributed by atoms with Crippen LogP contribution in [0.1, 0.15) is 11.3 Å². The van der Waals surface area contributed by atoms with Crippen molar-refractivity contribution in [3.8, 4) is 10.6 Å². The van der Waals surface area contributed by atoms with Crippen LogP contribution in [-0.4, -0.2) is 28.3 Å². The summed E-state index contributed by atoms with van der Waals surface area (Å²) < 4.78 is 0. The lowest BCUT2D eigenvalue weighted by atomic mass is 10.2. The van der Waals surface area contributed by atoms with E-state index in [1.54, 1.807) is 0 Å². The van der Waals surface area contributed by atoms with Gasteiger partial charge in [-0.3, -0.25) is 19.7 Å². The molecule has 0 fully saturated rings. The first-order valence-corrected chi connectivity index (χ1v) is 9.65. The van der Waals surface area contributed by atoms with Crippen LogP contribution in [0.2, 0.25) is 0 Å². The van der Waals surface area contributed by atoms with E-state index in [9.17, 15) is 19.7 Å². The Morgan fingerprint density at radius 3 is 2.41 bits per heavy atom. The summed E-state index contributed by atoms with van der Waals surface area (Å²) in [5, 5.41) is 18.4. The molecule has 0 atom stereocenters. The van der Waals surface area contributed by atoms with Crippen molar-refractivity contribution in [1.29, 1.82) is 0 Å². The Morgan fingerprint density at radius 2 is 1.76 bits per heavy atom. The molecular formula is C20H18N4O4S. The summed E-state index contributed by atoms with van der Waals surface area (Å²) in [5.41, 5.74) is 3.26. The summed E-state index contributed by atoms with van der Waals surface area (Å²) in [5.74, 6) is -1.62. The normalized spacial score (nSPS) is 10.4. The summed E-state index contributed by atoms with van der Waals surface area (Å²) >= 11 is 1.53. The number of hydrogen-bond acceptors (Lipinski definition) is 6. The Hall–Kier alpha value is -3.59. The van der Waals surface area contributed by atoms with Gasteiger partial charge in [0.25, 0.3) is 5.69 Å². The van der Waals surface area contributed by atoms with Crippen LogP contribution in [0.5, 0.6) is 0 Å². The first kappa shape index (κ1) is 20.2. The topological polar surface area (TPSA) is 114 Å². The first-order valence-electron chi connectivity index (χ1n) is 8.77. The van der Waals surface area contributed by atoms with Gasteiger partial charge in [0.05, 0.1) is 10.6 Å². The van der Waals surface area contributed by atoms with Crippen LogP contribution in [0, 0.1) is 17.0 Å². The molecule has 1 heterocycles. The molecule has 0 unspecified atom stereocenters. The van der Waals surface area contributed by atoms with E-state index >= 15 is 0 Å². The van der Waals surface area contributed by atoms with E-state index in [4.69, 9.17) is 0 Å². The van der Waals surface area contributed by atoms with Crippen molar-refractivity contribution < 1.29 is 14.5 Å². The van der Waals surface area contributed by atoms with Crippen LogP contribution in [0.25, 0.3) is 10.6 Å². The monoisotopic (exact) mass is 410 g/mol. The molecule has 0 saturated carbocycles.